The van der Waals surface area contributed by atoms with Crippen molar-refractivity contribution in [2.75, 3.05) is 19.8 Å². The van der Waals surface area contributed by atoms with Crippen LogP contribution in [-0.2, 0) is 6.54 Å². The van der Waals surface area contributed by atoms with E-state index in [-0.39, 0.29) is 17.2 Å². The summed E-state index contributed by atoms with van der Waals surface area (Å²) < 4.78 is 12.6. The number of fused-ring (bicyclic) bond motifs is 2. The number of aromatic nitrogens is 2. The molecular formula is C26H23N3O4. The van der Waals surface area contributed by atoms with Crippen molar-refractivity contribution in [3.63, 3.8) is 0 Å². The maximum absolute atomic E-state index is 13.7. The van der Waals surface area contributed by atoms with Gasteiger partial charge in [0.05, 0.1) is 11.1 Å². The molecule has 1 aliphatic rings. The van der Waals surface area contributed by atoms with Crippen LogP contribution >= 0.6 is 0 Å². The van der Waals surface area contributed by atoms with Gasteiger partial charge in [-0.3, -0.25) is 9.59 Å². The number of hydrogen-bond donors (Lipinski definition) is 0. The Bertz CT molecular complexity index is 1380. The van der Waals surface area contributed by atoms with Crippen molar-refractivity contribution in [2.45, 2.75) is 13.5 Å². The van der Waals surface area contributed by atoms with Gasteiger partial charge in [0, 0.05) is 18.5 Å². The topological polar surface area (TPSA) is 73.7 Å². The van der Waals surface area contributed by atoms with Crippen molar-refractivity contribution < 1.29 is 14.3 Å². The van der Waals surface area contributed by atoms with Gasteiger partial charge in [-0.15, -0.1) is 0 Å². The van der Waals surface area contributed by atoms with E-state index in [4.69, 9.17) is 9.47 Å². The van der Waals surface area contributed by atoms with E-state index in [9.17, 15) is 9.59 Å². The fourth-order valence-corrected chi connectivity index (χ4v) is 3.98. The molecule has 0 aliphatic carbocycles. The van der Waals surface area contributed by atoms with Gasteiger partial charge in [0.25, 0.3) is 11.5 Å². The van der Waals surface area contributed by atoms with Gasteiger partial charge < -0.3 is 14.4 Å². The van der Waals surface area contributed by atoms with E-state index in [0.29, 0.717) is 54.3 Å². The van der Waals surface area contributed by atoms with Crippen molar-refractivity contribution in [1.82, 2.24) is 14.7 Å². The Kier molecular flexibility index (Phi) is 5.52. The monoisotopic (exact) mass is 441 g/mol. The smallest absolute Gasteiger partial charge is 0.279 e. The van der Waals surface area contributed by atoms with Crippen molar-refractivity contribution in [1.29, 1.82) is 0 Å². The van der Waals surface area contributed by atoms with E-state index in [1.54, 1.807) is 35.2 Å². The molecule has 33 heavy (non-hydrogen) atoms. The Morgan fingerprint density at radius 2 is 1.64 bits per heavy atom. The molecule has 0 radical (unpaired) electrons. The van der Waals surface area contributed by atoms with E-state index in [1.807, 2.05) is 49.4 Å². The Hall–Kier alpha value is -4.13. The highest BCUT2D eigenvalue weighted by Crippen LogP contribution is 2.31. The lowest BCUT2D eigenvalue weighted by molar-refractivity contribution is 0.0746. The number of carbonyl (C=O) groups excluding carboxylic acids is 1. The minimum Gasteiger partial charge on any atom is -0.486 e. The zero-order valence-corrected chi connectivity index (χ0v) is 18.2. The van der Waals surface area contributed by atoms with E-state index in [1.165, 1.54) is 4.68 Å². The van der Waals surface area contributed by atoms with Gasteiger partial charge in [-0.2, -0.15) is 9.78 Å². The van der Waals surface area contributed by atoms with Crippen LogP contribution in [0.2, 0.25) is 0 Å². The number of para-hydroxylation sites is 1. The summed E-state index contributed by atoms with van der Waals surface area (Å²) in [5.74, 6) is 1.15. The first-order chi connectivity index (χ1) is 16.2. The lowest BCUT2D eigenvalue weighted by atomic mass is 10.1. The molecule has 2 heterocycles. The van der Waals surface area contributed by atoms with Crippen LogP contribution in [-0.4, -0.2) is 40.3 Å². The largest absolute Gasteiger partial charge is 0.486 e. The molecule has 0 fully saturated rings. The molecule has 0 saturated carbocycles. The molecule has 7 nitrogen and oxygen atoms in total. The van der Waals surface area contributed by atoms with Crippen LogP contribution in [0.4, 0.5) is 0 Å². The summed E-state index contributed by atoms with van der Waals surface area (Å²) in [6, 6.07) is 21.9. The van der Waals surface area contributed by atoms with E-state index >= 15 is 0 Å². The average Bonchev–Trinajstić information content (AvgIpc) is 2.87. The molecule has 0 N–H and O–H groups in total. The number of hydrogen-bond acceptors (Lipinski definition) is 5. The first-order valence-corrected chi connectivity index (χ1v) is 10.9. The van der Waals surface area contributed by atoms with Crippen LogP contribution in [0.25, 0.3) is 16.5 Å². The molecule has 1 amide bonds. The second-order valence-corrected chi connectivity index (χ2v) is 7.74. The molecule has 0 bridgehead atoms. The fraction of sp³-hybridized carbons (Fsp3) is 0.192. The highest BCUT2D eigenvalue weighted by molar-refractivity contribution is 6.04. The highest BCUT2D eigenvalue weighted by atomic mass is 16.6. The summed E-state index contributed by atoms with van der Waals surface area (Å²) in [5.41, 5.74) is 1.52. The lowest BCUT2D eigenvalue weighted by Gasteiger charge is -2.23. The number of ether oxygens (including phenoxy) is 2. The third kappa shape index (κ3) is 3.93. The van der Waals surface area contributed by atoms with Crippen LogP contribution < -0.4 is 15.0 Å². The second kappa shape index (κ2) is 8.78. The molecule has 0 saturated heterocycles. The second-order valence-electron chi connectivity index (χ2n) is 7.74. The average molecular weight is 441 g/mol. The number of nitrogens with zero attached hydrogens (tertiary/aromatic N) is 3. The summed E-state index contributed by atoms with van der Waals surface area (Å²) in [5, 5.41) is 5.52. The third-order valence-electron chi connectivity index (χ3n) is 5.66. The minimum absolute atomic E-state index is 0.242. The predicted molar refractivity (Wildman–Crippen MR) is 125 cm³/mol. The van der Waals surface area contributed by atoms with Crippen molar-refractivity contribution in [3.05, 3.63) is 94.4 Å². The third-order valence-corrected chi connectivity index (χ3v) is 5.66. The molecular weight excluding hydrogens is 418 g/mol. The number of carbonyl (C=O) groups is 1. The van der Waals surface area contributed by atoms with Gasteiger partial charge in [-0.25, -0.2) is 0 Å². The van der Waals surface area contributed by atoms with Crippen molar-refractivity contribution in [2.24, 2.45) is 0 Å². The Balaban J connectivity index is 1.55. The van der Waals surface area contributed by atoms with Crippen LogP contribution in [0.5, 0.6) is 11.5 Å². The number of rotatable bonds is 5. The van der Waals surface area contributed by atoms with Gasteiger partial charge >= 0.3 is 0 Å². The summed E-state index contributed by atoms with van der Waals surface area (Å²) >= 11 is 0. The summed E-state index contributed by atoms with van der Waals surface area (Å²) in [6.07, 6.45) is 0. The molecule has 5 rings (SSSR count). The summed E-state index contributed by atoms with van der Waals surface area (Å²) in [4.78, 5) is 28.5. The first-order valence-electron chi connectivity index (χ1n) is 10.9. The zero-order valence-electron chi connectivity index (χ0n) is 18.2. The van der Waals surface area contributed by atoms with Gasteiger partial charge in [-0.05, 0) is 42.8 Å². The molecule has 166 valence electrons. The molecule has 7 heteroatoms. The maximum Gasteiger partial charge on any atom is 0.279 e. The molecule has 0 unspecified atom stereocenters. The SMILES string of the molecule is CCN(Cc1ccc2c(c1)OCCO2)C(=O)c1nn(-c2ccccc2)c(=O)c2ccccc12. The Morgan fingerprint density at radius 1 is 0.939 bits per heavy atom. The molecule has 1 aliphatic heterocycles. The molecule has 3 aromatic carbocycles. The van der Waals surface area contributed by atoms with E-state index in [2.05, 4.69) is 5.10 Å². The van der Waals surface area contributed by atoms with Crippen molar-refractivity contribution >= 4 is 16.7 Å². The molecule has 1 aromatic heterocycles. The molecule has 0 atom stereocenters. The summed E-state index contributed by atoms with van der Waals surface area (Å²) in [6.45, 7) is 3.82. The van der Waals surface area contributed by atoms with Crippen LogP contribution in [0.3, 0.4) is 0 Å². The Labute approximate surface area is 190 Å². The lowest BCUT2D eigenvalue weighted by Crippen LogP contribution is -2.34. The summed E-state index contributed by atoms with van der Waals surface area (Å²) in [7, 11) is 0. The van der Waals surface area contributed by atoms with Crippen LogP contribution in [0, 0.1) is 0 Å². The van der Waals surface area contributed by atoms with E-state index < -0.39 is 0 Å². The zero-order chi connectivity index (χ0) is 22.8. The quantitative estimate of drug-likeness (QED) is 0.471. The Morgan fingerprint density at radius 3 is 2.39 bits per heavy atom. The number of amides is 1. The fourth-order valence-electron chi connectivity index (χ4n) is 3.98. The van der Waals surface area contributed by atoms with Gasteiger partial charge in [0.2, 0.25) is 0 Å². The standard InChI is InChI=1S/C26H23N3O4/c1-2-28(17-18-12-13-22-23(16-18)33-15-14-32-22)26(31)24-20-10-6-7-11-21(20)25(30)29(27-24)19-8-4-3-5-9-19/h3-13,16H,2,14-15,17H2,1H3. The maximum atomic E-state index is 13.7. The van der Waals surface area contributed by atoms with Crippen LogP contribution in [0.15, 0.2) is 77.6 Å². The van der Waals surface area contributed by atoms with E-state index in [0.717, 1.165) is 5.56 Å². The first kappa shape index (κ1) is 20.8. The van der Waals surface area contributed by atoms with Crippen LogP contribution in [0.1, 0.15) is 23.0 Å². The number of benzene rings is 3. The van der Waals surface area contributed by atoms with Gasteiger partial charge in [0.15, 0.2) is 17.2 Å². The predicted octanol–water partition coefficient (Wildman–Crippen LogP) is 3.82. The van der Waals surface area contributed by atoms with Crippen molar-refractivity contribution in [3.8, 4) is 17.2 Å². The molecule has 4 aromatic rings. The normalized spacial score (nSPS) is 12.5. The molecule has 0 spiro atoms. The van der Waals surface area contributed by atoms with Gasteiger partial charge in [-0.1, -0.05) is 42.5 Å². The highest BCUT2D eigenvalue weighted by Gasteiger charge is 2.23. The van der Waals surface area contributed by atoms with Gasteiger partial charge in [0.1, 0.15) is 13.2 Å². The minimum atomic E-state index is -0.261.